The fourth-order valence-electron chi connectivity index (χ4n) is 2.83. The van der Waals surface area contributed by atoms with Crippen molar-refractivity contribution in [2.45, 2.75) is 38.6 Å². The molecule has 1 aliphatic heterocycles. The van der Waals surface area contributed by atoms with Gasteiger partial charge in [-0.2, -0.15) is 0 Å². The van der Waals surface area contributed by atoms with Gasteiger partial charge in [-0.15, -0.1) is 0 Å². The summed E-state index contributed by atoms with van der Waals surface area (Å²) >= 11 is 0. The Balaban J connectivity index is 2.57. The van der Waals surface area contributed by atoms with Gasteiger partial charge in [-0.05, 0) is 39.2 Å². The predicted molar refractivity (Wildman–Crippen MR) is 75.1 cm³/mol. The molecule has 1 fully saturated rings. The van der Waals surface area contributed by atoms with Gasteiger partial charge < -0.3 is 10.0 Å². The molecule has 1 atom stereocenters. The third-order valence-electron chi connectivity index (χ3n) is 4.04. The minimum absolute atomic E-state index is 0.00174. The number of rotatable bonds is 3. The molecule has 1 aromatic rings. The molecule has 1 N–H and O–H groups in total. The van der Waals surface area contributed by atoms with Gasteiger partial charge in [-0.25, -0.2) is 4.79 Å². The Morgan fingerprint density at radius 1 is 1.45 bits per heavy atom. The number of benzene rings is 1. The molecule has 2 rings (SSSR count). The van der Waals surface area contributed by atoms with Crippen LogP contribution in [0, 0.1) is 17.0 Å². The number of aryl methyl sites for hydroxylation is 1. The maximum atomic E-state index is 11.6. The molecule has 0 aliphatic carbocycles. The van der Waals surface area contributed by atoms with Crippen LogP contribution in [0.2, 0.25) is 0 Å². The number of carbonyl (C=O) groups is 1. The maximum Gasteiger partial charge on any atom is 0.329 e. The number of carboxylic acids is 1. The number of anilines is 1. The van der Waals surface area contributed by atoms with Gasteiger partial charge in [0, 0.05) is 12.1 Å². The zero-order valence-electron chi connectivity index (χ0n) is 11.6. The van der Waals surface area contributed by atoms with E-state index in [0.717, 1.165) is 12.8 Å². The summed E-state index contributed by atoms with van der Waals surface area (Å²) in [5.41, 5.74) is -0.135. The molecule has 20 heavy (non-hydrogen) atoms. The van der Waals surface area contributed by atoms with E-state index >= 15 is 0 Å². The van der Waals surface area contributed by atoms with Crippen molar-refractivity contribution in [1.82, 2.24) is 0 Å². The van der Waals surface area contributed by atoms with Crippen LogP contribution >= 0.6 is 0 Å². The van der Waals surface area contributed by atoms with Crippen LogP contribution in [0.1, 0.15) is 31.7 Å². The summed E-state index contributed by atoms with van der Waals surface area (Å²) in [5, 5.41) is 20.8. The van der Waals surface area contributed by atoms with Crippen LogP contribution in [0.5, 0.6) is 0 Å². The lowest BCUT2D eigenvalue weighted by molar-refractivity contribution is -0.384. The monoisotopic (exact) mass is 278 g/mol. The first-order valence-electron chi connectivity index (χ1n) is 6.63. The first-order valence-corrected chi connectivity index (χ1v) is 6.63. The fraction of sp³-hybridized carbons (Fsp3) is 0.500. The van der Waals surface area contributed by atoms with Crippen LogP contribution < -0.4 is 4.90 Å². The van der Waals surface area contributed by atoms with Gasteiger partial charge in [0.15, 0.2) is 0 Å². The maximum absolute atomic E-state index is 11.6. The first kappa shape index (κ1) is 14.3. The quantitative estimate of drug-likeness (QED) is 0.679. The van der Waals surface area contributed by atoms with Crippen LogP contribution in [0.25, 0.3) is 0 Å². The molecular formula is C14H18N2O4. The van der Waals surface area contributed by atoms with E-state index in [1.807, 2.05) is 0 Å². The second kappa shape index (κ2) is 5.11. The van der Waals surface area contributed by atoms with E-state index in [2.05, 4.69) is 0 Å². The summed E-state index contributed by atoms with van der Waals surface area (Å²) < 4.78 is 0. The SMILES string of the molecule is Cc1cccc(N2CCCCC2(C)C(=O)O)c1[N+](=O)[O-]. The van der Waals surface area contributed by atoms with Gasteiger partial charge in [0.1, 0.15) is 11.2 Å². The summed E-state index contributed by atoms with van der Waals surface area (Å²) in [6.07, 6.45) is 2.15. The van der Waals surface area contributed by atoms with Gasteiger partial charge in [0.25, 0.3) is 5.69 Å². The van der Waals surface area contributed by atoms with Crippen LogP contribution in [0.3, 0.4) is 0 Å². The number of nitro groups is 1. The molecule has 6 heteroatoms. The number of para-hydroxylation sites is 1. The summed E-state index contributed by atoms with van der Waals surface area (Å²) in [6.45, 7) is 3.83. The van der Waals surface area contributed by atoms with Crippen LogP contribution in [0.15, 0.2) is 18.2 Å². The zero-order valence-corrected chi connectivity index (χ0v) is 11.6. The molecule has 0 amide bonds. The Labute approximate surface area is 117 Å². The molecule has 0 radical (unpaired) electrons. The molecule has 0 saturated carbocycles. The molecular weight excluding hydrogens is 260 g/mol. The predicted octanol–water partition coefficient (Wildman–Crippen LogP) is 2.74. The van der Waals surface area contributed by atoms with Gasteiger partial charge in [0.05, 0.1) is 4.92 Å². The molecule has 1 heterocycles. The van der Waals surface area contributed by atoms with Crippen molar-refractivity contribution in [3.05, 3.63) is 33.9 Å². The van der Waals surface area contributed by atoms with E-state index in [-0.39, 0.29) is 5.69 Å². The van der Waals surface area contributed by atoms with E-state index in [1.165, 1.54) is 0 Å². The lowest BCUT2D eigenvalue weighted by Gasteiger charge is -2.43. The molecule has 1 aliphatic rings. The third kappa shape index (κ3) is 2.21. The molecule has 0 spiro atoms. The lowest BCUT2D eigenvalue weighted by atomic mass is 9.87. The highest BCUT2D eigenvalue weighted by Crippen LogP contribution is 2.39. The molecule has 0 aromatic heterocycles. The van der Waals surface area contributed by atoms with Crippen molar-refractivity contribution in [2.24, 2.45) is 0 Å². The van der Waals surface area contributed by atoms with Crippen LogP contribution in [0.4, 0.5) is 11.4 Å². The van der Waals surface area contributed by atoms with Crippen molar-refractivity contribution in [3.63, 3.8) is 0 Å². The third-order valence-corrected chi connectivity index (χ3v) is 4.04. The molecule has 1 saturated heterocycles. The molecule has 108 valence electrons. The number of hydrogen-bond acceptors (Lipinski definition) is 4. The topological polar surface area (TPSA) is 83.7 Å². The average molecular weight is 278 g/mol. The Kier molecular flexibility index (Phi) is 3.65. The van der Waals surface area contributed by atoms with Crippen molar-refractivity contribution < 1.29 is 14.8 Å². The van der Waals surface area contributed by atoms with E-state index in [9.17, 15) is 20.0 Å². The molecule has 0 bridgehead atoms. The van der Waals surface area contributed by atoms with E-state index in [1.54, 1.807) is 36.9 Å². The number of nitrogens with zero attached hydrogens (tertiary/aromatic N) is 2. The fourth-order valence-corrected chi connectivity index (χ4v) is 2.83. The smallest absolute Gasteiger partial charge is 0.329 e. The minimum Gasteiger partial charge on any atom is -0.480 e. The highest BCUT2D eigenvalue weighted by Gasteiger charge is 2.43. The number of hydrogen-bond donors (Lipinski definition) is 1. The Morgan fingerprint density at radius 2 is 2.15 bits per heavy atom. The number of carboxylic acid groups (broad SMARTS) is 1. The number of aliphatic carboxylic acids is 1. The van der Waals surface area contributed by atoms with Gasteiger partial charge >= 0.3 is 5.97 Å². The van der Waals surface area contributed by atoms with Crippen LogP contribution in [-0.4, -0.2) is 28.1 Å². The number of nitro benzene ring substituents is 1. The zero-order chi connectivity index (χ0) is 14.9. The summed E-state index contributed by atoms with van der Waals surface area (Å²) in [4.78, 5) is 24.2. The Morgan fingerprint density at radius 3 is 2.75 bits per heavy atom. The number of piperidine rings is 1. The molecule has 1 aromatic carbocycles. The second-order valence-electron chi connectivity index (χ2n) is 5.39. The average Bonchev–Trinajstić information content (AvgIpc) is 2.38. The standard InChI is InChI=1S/C14H18N2O4/c1-10-6-5-7-11(12(10)16(19)20)15-9-4-3-8-14(15,2)13(17)18/h5-7H,3-4,8-9H2,1-2H3,(H,17,18). The Hall–Kier alpha value is -2.11. The highest BCUT2D eigenvalue weighted by atomic mass is 16.6. The highest BCUT2D eigenvalue weighted by molar-refractivity contribution is 5.85. The summed E-state index contributed by atoms with van der Waals surface area (Å²) in [5.74, 6) is -0.937. The largest absolute Gasteiger partial charge is 0.480 e. The lowest BCUT2D eigenvalue weighted by Crippen LogP contribution is -2.55. The van der Waals surface area contributed by atoms with Crippen molar-refractivity contribution in [2.75, 3.05) is 11.4 Å². The summed E-state index contributed by atoms with van der Waals surface area (Å²) in [6, 6.07) is 5.04. The normalized spacial score (nSPS) is 22.6. The van der Waals surface area contributed by atoms with Gasteiger partial charge in [0.2, 0.25) is 0 Å². The van der Waals surface area contributed by atoms with E-state index in [0.29, 0.717) is 24.2 Å². The van der Waals surface area contributed by atoms with Gasteiger partial charge in [-0.3, -0.25) is 10.1 Å². The first-order chi connectivity index (χ1) is 9.38. The van der Waals surface area contributed by atoms with Gasteiger partial charge in [-0.1, -0.05) is 12.1 Å². The van der Waals surface area contributed by atoms with E-state index in [4.69, 9.17) is 0 Å². The summed E-state index contributed by atoms with van der Waals surface area (Å²) in [7, 11) is 0. The van der Waals surface area contributed by atoms with E-state index < -0.39 is 16.4 Å². The second-order valence-corrected chi connectivity index (χ2v) is 5.39. The molecule has 1 unspecified atom stereocenters. The van der Waals surface area contributed by atoms with Crippen molar-refractivity contribution in [3.8, 4) is 0 Å². The van der Waals surface area contributed by atoms with Crippen LogP contribution in [-0.2, 0) is 4.79 Å². The minimum atomic E-state index is -1.09. The Bertz CT molecular complexity index is 558. The van der Waals surface area contributed by atoms with Crippen molar-refractivity contribution in [1.29, 1.82) is 0 Å². The van der Waals surface area contributed by atoms with Crippen molar-refractivity contribution >= 4 is 17.3 Å². The molecule has 6 nitrogen and oxygen atoms in total.